The van der Waals surface area contributed by atoms with E-state index >= 15 is 0 Å². The fraction of sp³-hybridized carbons (Fsp3) is 0.500. The molecule has 102 valence electrons. The lowest BCUT2D eigenvalue weighted by Gasteiger charge is -2.21. The standard InChI is InChI=1S/C16H22N2O/c1-6-12(10-17)15(19)18-14-8-7-13(9-11(14)2)16(3,4)5/h7-9,12H,6H2,1-5H3,(H,18,19). The molecule has 1 aromatic rings. The summed E-state index contributed by atoms with van der Waals surface area (Å²) in [5.41, 5.74) is 3.13. The molecule has 1 N–H and O–H groups in total. The minimum absolute atomic E-state index is 0.0892. The Morgan fingerprint density at radius 3 is 2.47 bits per heavy atom. The van der Waals surface area contributed by atoms with Crippen LogP contribution in [0.4, 0.5) is 5.69 Å². The molecule has 19 heavy (non-hydrogen) atoms. The maximum atomic E-state index is 11.9. The van der Waals surface area contributed by atoms with Gasteiger partial charge in [0.2, 0.25) is 5.91 Å². The first kappa shape index (κ1) is 15.2. The van der Waals surface area contributed by atoms with E-state index in [9.17, 15) is 4.79 Å². The number of anilines is 1. The summed E-state index contributed by atoms with van der Waals surface area (Å²) in [6, 6.07) is 8.04. The summed E-state index contributed by atoms with van der Waals surface area (Å²) in [5.74, 6) is -0.807. The van der Waals surface area contributed by atoms with Gasteiger partial charge in [-0.15, -0.1) is 0 Å². The van der Waals surface area contributed by atoms with Gasteiger partial charge in [0.25, 0.3) is 0 Å². The summed E-state index contributed by atoms with van der Waals surface area (Å²) in [6.45, 7) is 10.3. The van der Waals surface area contributed by atoms with Gasteiger partial charge in [0.15, 0.2) is 0 Å². The van der Waals surface area contributed by atoms with Crippen molar-refractivity contribution in [3.63, 3.8) is 0 Å². The summed E-state index contributed by atoms with van der Waals surface area (Å²) < 4.78 is 0. The highest BCUT2D eigenvalue weighted by atomic mass is 16.1. The van der Waals surface area contributed by atoms with Crippen LogP contribution in [-0.2, 0) is 10.2 Å². The van der Waals surface area contributed by atoms with E-state index in [2.05, 4.69) is 32.2 Å². The average Bonchev–Trinajstić information content (AvgIpc) is 2.32. The zero-order chi connectivity index (χ0) is 14.6. The molecule has 0 heterocycles. The molecule has 0 saturated heterocycles. The Labute approximate surface area is 115 Å². The lowest BCUT2D eigenvalue weighted by Crippen LogP contribution is -2.21. The molecule has 3 nitrogen and oxygen atoms in total. The normalized spacial score (nSPS) is 12.6. The Balaban J connectivity index is 2.93. The number of aryl methyl sites for hydroxylation is 1. The van der Waals surface area contributed by atoms with Crippen molar-refractivity contribution in [2.24, 2.45) is 5.92 Å². The number of rotatable bonds is 3. The van der Waals surface area contributed by atoms with Crippen molar-refractivity contribution in [2.45, 2.75) is 46.5 Å². The number of nitrogens with zero attached hydrogens (tertiary/aromatic N) is 1. The van der Waals surface area contributed by atoms with E-state index in [1.54, 1.807) is 0 Å². The van der Waals surface area contributed by atoms with Gasteiger partial charge in [0.1, 0.15) is 5.92 Å². The van der Waals surface area contributed by atoms with Gasteiger partial charge in [-0.2, -0.15) is 5.26 Å². The topological polar surface area (TPSA) is 52.9 Å². The first-order valence-electron chi connectivity index (χ1n) is 6.61. The maximum Gasteiger partial charge on any atom is 0.241 e. The molecule has 3 heteroatoms. The molecule has 1 unspecified atom stereocenters. The molecular weight excluding hydrogens is 236 g/mol. The van der Waals surface area contributed by atoms with Crippen LogP contribution in [0.1, 0.15) is 45.2 Å². The van der Waals surface area contributed by atoms with Crippen LogP contribution in [-0.4, -0.2) is 5.91 Å². The molecule has 1 amide bonds. The highest BCUT2D eigenvalue weighted by Crippen LogP contribution is 2.26. The Morgan fingerprint density at radius 2 is 2.05 bits per heavy atom. The summed E-state index contributed by atoms with van der Waals surface area (Å²) in [4.78, 5) is 11.9. The summed E-state index contributed by atoms with van der Waals surface area (Å²) in [5, 5.41) is 11.7. The Kier molecular flexibility index (Phi) is 4.72. The molecule has 0 radical (unpaired) electrons. The van der Waals surface area contributed by atoms with Crippen molar-refractivity contribution in [3.05, 3.63) is 29.3 Å². The summed E-state index contributed by atoms with van der Waals surface area (Å²) in [7, 11) is 0. The second kappa shape index (κ2) is 5.88. The highest BCUT2D eigenvalue weighted by molar-refractivity contribution is 5.94. The third kappa shape index (κ3) is 3.82. The van der Waals surface area contributed by atoms with Gasteiger partial charge < -0.3 is 5.32 Å². The van der Waals surface area contributed by atoms with Gasteiger partial charge in [0.05, 0.1) is 6.07 Å². The SMILES string of the molecule is CCC(C#N)C(=O)Nc1ccc(C(C)(C)C)cc1C. The van der Waals surface area contributed by atoms with Crippen molar-refractivity contribution in [2.75, 3.05) is 5.32 Å². The number of nitriles is 1. The Bertz CT molecular complexity index is 506. The molecular formula is C16H22N2O. The van der Waals surface area contributed by atoms with E-state index in [1.807, 2.05) is 32.0 Å². The van der Waals surface area contributed by atoms with Crippen LogP contribution in [0.2, 0.25) is 0 Å². The van der Waals surface area contributed by atoms with Crippen LogP contribution < -0.4 is 5.32 Å². The second-order valence-electron chi connectivity index (χ2n) is 5.86. The number of benzene rings is 1. The van der Waals surface area contributed by atoms with Crippen LogP contribution >= 0.6 is 0 Å². The third-order valence-electron chi connectivity index (χ3n) is 3.23. The van der Waals surface area contributed by atoms with Gasteiger partial charge in [-0.05, 0) is 36.0 Å². The van der Waals surface area contributed by atoms with Crippen LogP contribution in [0.3, 0.4) is 0 Å². The molecule has 0 fully saturated rings. The maximum absolute atomic E-state index is 11.9. The van der Waals surface area contributed by atoms with Crippen molar-refractivity contribution in [1.29, 1.82) is 5.26 Å². The smallest absolute Gasteiger partial charge is 0.241 e. The predicted molar refractivity (Wildman–Crippen MR) is 77.9 cm³/mol. The lowest BCUT2D eigenvalue weighted by atomic mass is 9.86. The van der Waals surface area contributed by atoms with E-state index in [4.69, 9.17) is 5.26 Å². The molecule has 0 bridgehead atoms. The van der Waals surface area contributed by atoms with Gasteiger partial charge in [-0.1, -0.05) is 39.8 Å². The zero-order valence-corrected chi connectivity index (χ0v) is 12.4. The zero-order valence-electron chi connectivity index (χ0n) is 12.4. The van der Waals surface area contributed by atoms with E-state index in [-0.39, 0.29) is 11.3 Å². The Hall–Kier alpha value is -1.82. The molecule has 0 aromatic heterocycles. The number of carbonyl (C=O) groups excluding carboxylic acids is 1. The van der Waals surface area contributed by atoms with Crippen molar-refractivity contribution in [3.8, 4) is 6.07 Å². The summed E-state index contributed by atoms with van der Waals surface area (Å²) in [6.07, 6.45) is 0.529. The molecule has 1 atom stereocenters. The number of hydrogen-bond acceptors (Lipinski definition) is 2. The third-order valence-corrected chi connectivity index (χ3v) is 3.23. The number of hydrogen-bond donors (Lipinski definition) is 1. The minimum atomic E-state index is -0.582. The molecule has 0 saturated carbocycles. The molecule has 1 aromatic carbocycles. The van der Waals surface area contributed by atoms with E-state index < -0.39 is 5.92 Å². The predicted octanol–water partition coefficient (Wildman–Crippen LogP) is 3.78. The van der Waals surface area contributed by atoms with Crippen molar-refractivity contribution >= 4 is 11.6 Å². The number of amides is 1. The van der Waals surface area contributed by atoms with Gasteiger partial charge in [0, 0.05) is 5.69 Å². The van der Waals surface area contributed by atoms with Crippen LogP contribution in [0, 0.1) is 24.2 Å². The number of carbonyl (C=O) groups is 1. The quantitative estimate of drug-likeness (QED) is 0.897. The molecule has 0 aliphatic heterocycles. The highest BCUT2D eigenvalue weighted by Gasteiger charge is 2.18. The van der Waals surface area contributed by atoms with Crippen LogP contribution in [0.5, 0.6) is 0 Å². The summed E-state index contributed by atoms with van der Waals surface area (Å²) >= 11 is 0. The fourth-order valence-electron chi connectivity index (χ4n) is 1.83. The first-order chi connectivity index (χ1) is 8.79. The monoisotopic (exact) mass is 258 g/mol. The van der Waals surface area contributed by atoms with Crippen LogP contribution in [0.15, 0.2) is 18.2 Å². The van der Waals surface area contributed by atoms with Gasteiger partial charge in [-0.3, -0.25) is 4.79 Å². The van der Waals surface area contributed by atoms with Gasteiger partial charge >= 0.3 is 0 Å². The lowest BCUT2D eigenvalue weighted by molar-refractivity contribution is -0.118. The van der Waals surface area contributed by atoms with E-state index in [0.29, 0.717) is 6.42 Å². The fourth-order valence-corrected chi connectivity index (χ4v) is 1.83. The van der Waals surface area contributed by atoms with Crippen molar-refractivity contribution < 1.29 is 4.79 Å². The number of nitrogens with one attached hydrogen (secondary N) is 1. The largest absolute Gasteiger partial charge is 0.325 e. The second-order valence-corrected chi connectivity index (χ2v) is 5.86. The molecule has 0 spiro atoms. The Morgan fingerprint density at radius 1 is 1.42 bits per heavy atom. The molecule has 1 rings (SSSR count). The minimum Gasteiger partial charge on any atom is -0.325 e. The average molecular weight is 258 g/mol. The van der Waals surface area contributed by atoms with Gasteiger partial charge in [-0.25, -0.2) is 0 Å². The van der Waals surface area contributed by atoms with Crippen LogP contribution in [0.25, 0.3) is 0 Å². The molecule has 0 aliphatic rings. The first-order valence-corrected chi connectivity index (χ1v) is 6.61. The van der Waals surface area contributed by atoms with E-state index in [0.717, 1.165) is 11.3 Å². The molecule has 0 aliphatic carbocycles. The van der Waals surface area contributed by atoms with E-state index in [1.165, 1.54) is 5.56 Å². The van der Waals surface area contributed by atoms with Crippen molar-refractivity contribution in [1.82, 2.24) is 0 Å².